The molecule has 0 saturated carbocycles. The second kappa shape index (κ2) is 5.85. The lowest BCUT2D eigenvalue weighted by Crippen LogP contribution is -2.52. The highest BCUT2D eigenvalue weighted by Gasteiger charge is 2.50. The summed E-state index contributed by atoms with van der Waals surface area (Å²) >= 11 is 0. The van der Waals surface area contributed by atoms with Gasteiger partial charge in [-0.25, -0.2) is 5.43 Å². The van der Waals surface area contributed by atoms with Gasteiger partial charge in [0.25, 0.3) is 0 Å². The summed E-state index contributed by atoms with van der Waals surface area (Å²) in [4.78, 5) is 13.1. The zero-order valence-electron chi connectivity index (χ0n) is 15.3. The van der Waals surface area contributed by atoms with Gasteiger partial charge in [0.05, 0.1) is 13.3 Å². The van der Waals surface area contributed by atoms with E-state index in [-0.39, 0.29) is 35.2 Å². The van der Waals surface area contributed by atoms with Crippen LogP contribution < -0.4 is 20.9 Å². The van der Waals surface area contributed by atoms with Crippen molar-refractivity contribution in [3.8, 4) is 5.75 Å². The molecule has 0 amide bonds. The van der Waals surface area contributed by atoms with Gasteiger partial charge in [-0.05, 0) is 24.8 Å². The second-order valence-electron chi connectivity index (χ2n) is 8.33. The standard InChI is InChI=1S/C20H27N3O2/c1-11-16-17(12-7-5-6-8-15(12)25-4)18-13(21-19(16)23-22-11)9-20(2,3)10-14(18)24/h5-8,11,16-17,19,21-23H,9-10H2,1-4H3. The Kier molecular flexibility index (Phi) is 3.89. The number of nitrogens with one attached hydrogen (secondary N) is 3. The number of ether oxygens (including phenoxy) is 1. The van der Waals surface area contributed by atoms with E-state index in [1.807, 2.05) is 18.2 Å². The maximum absolute atomic E-state index is 13.1. The van der Waals surface area contributed by atoms with Crippen molar-refractivity contribution in [1.29, 1.82) is 0 Å². The number of Topliss-reactive ketones (excluding diaryl/α,β-unsaturated/α-hetero) is 1. The van der Waals surface area contributed by atoms with Crippen LogP contribution in [0.2, 0.25) is 0 Å². The Morgan fingerprint density at radius 3 is 2.68 bits per heavy atom. The zero-order chi connectivity index (χ0) is 17.8. The first-order valence-corrected chi connectivity index (χ1v) is 9.08. The van der Waals surface area contributed by atoms with E-state index in [9.17, 15) is 4.79 Å². The summed E-state index contributed by atoms with van der Waals surface area (Å²) in [6.07, 6.45) is 1.62. The first kappa shape index (κ1) is 16.6. The molecule has 5 heteroatoms. The van der Waals surface area contributed by atoms with Crippen LogP contribution in [-0.2, 0) is 4.79 Å². The molecule has 0 radical (unpaired) electrons. The van der Waals surface area contributed by atoms with Crippen LogP contribution in [0.3, 0.4) is 0 Å². The summed E-state index contributed by atoms with van der Waals surface area (Å²) in [6, 6.07) is 8.37. The quantitative estimate of drug-likeness (QED) is 0.771. The molecule has 3 aliphatic rings. The smallest absolute Gasteiger partial charge is 0.161 e. The zero-order valence-corrected chi connectivity index (χ0v) is 15.3. The number of methoxy groups -OCH3 is 1. The van der Waals surface area contributed by atoms with Gasteiger partial charge in [-0.1, -0.05) is 32.0 Å². The molecule has 0 bridgehead atoms. The molecule has 1 saturated heterocycles. The van der Waals surface area contributed by atoms with Gasteiger partial charge in [-0.15, -0.1) is 0 Å². The number of rotatable bonds is 2. The van der Waals surface area contributed by atoms with Gasteiger partial charge in [0, 0.05) is 41.1 Å². The second-order valence-corrected chi connectivity index (χ2v) is 8.33. The lowest BCUT2D eigenvalue weighted by atomic mass is 9.65. The number of carbonyl (C=O) groups excluding carboxylic acids is 1. The van der Waals surface area contributed by atoms with Crippen LogP contribution in [0.4, 0.5) is 0 Å². The number of carbonyl (C=O) groups is 1. The van der Waals surface area contributed by atoms with Crippen LogP contribution in [0.15, 0.2) is 35.5 Å². The maximum atomic E-state index is 13.1. The molecule has 0 aromatic heterocycles. The number of para-hydroxylation sites is 1. The topological polar surface area (TPSA) is 62.4 Å². The summed E-state index contributed by atoms with van der Waals surface area (Å²) in [6.45, 7) is 6.51. The highest BCUT2D eigenvalue weighted by Crippen LogP contribution is 2.49. The number of hydrogen-bond acceptors (Lipinski definition) is 5. The highest BCUT2D eigenvalue weighted by molar-refractivity contribution is 5.99. The van der Waals surface area contributed by atoms with Crippen molar-refractivity contribution >= 4 is 5.78 Å². The molecule has 1 aromatic carbocycles. The van der Waals surface area contributed by atoms with Gasteiger partial charge in [0.15, 0.2) is 5.78 Å². The van der Waals surface area contributed by atoms with Crippen molar-refractivity contribution in [2.45, 2.75) is 51.7 Å². The summed E-state index contributed by atoms with van der Waals surface area (Å²) in [5, 5.41) is 3.62. The lowest BCUT2D eigenvalue weighted by molar-refractivity contribution is -0.118. The van der Waals surface area contributed by atoms with Crippen LogP contribution in [0.5, 0.6) is 5.75 Å². The molecule has 0 spiro atoms. The van der Waals surface area contributed by atoms with Crippen molar-refractivity contribution in [3.05, 3.63) is 41.1 Å². The molecule has 3 N–H and O–H groups in total. The maximum Gasteiger partial charge on any atom is 0.161 e. The summed E-state index contributed by atoms with van der Waals surface area (Å²) in [5.74, 6) is 1.42. The Balaban J connectivity index is 1.89. The van der Waals surface area contributed by atoms with Gasteiger partial charge in [0.1, 0.15) is 5.75 Å². The van der Waals surface area contributed by atoms with Crippen LogP contribution >= 0.6 is 0 Å². The molecule has 1 fully saturated rings. The van der Waals surface area contributed by atoms with Gasteiger partial charge in [-0.2, -0.15) is 0 Å². The van der Waals surface area contributed by atoms with Crippen molar-refractivity contribution in [2.75, 3.05) is 7.11 Å². The largest absolute Gasteiger partial charge is 0.496 e. The summed E-state index contributed by atoms with van der Waals surface area (Å²) < 4.78 is 5.64. The van der Waals surface area contributed by atoms with E-state index in [2.05, 4.69) is 43.0 Å². The summed E-state index contributed by atoms with van der Waals surface area (Å²) in [5.41, 5.74) is 9.89. The van der Waals surface area contributed by atoms with Crippen molar-refractivity contribution in [1.82, 2.24) is 16.2 Å². The normalized spacial score (nSPS) is 33.5. The van der Waals surface area contributed by atoms with Crippen LogP contribution in [0.1, 0.15) is 45.1 Å². The molecule has 2 aliphatic heterocycles. The molecule has 2 heterocycles. The molecule has 4 unspecified atom stereocenters. The summed E-state index contributed by atoms with van der Waals surface area (Å²) in [7, 11) is 1.70. The van der Waals surface area contributed by atoms with E-state index >= 15 is 0 Å². The predicted octanol–water partition coefficient (Wildman–Crippen LogP) is 2.46. The average Bonchev–Trinajstić information content (AvgIpc) is 2.92. The monoisotopic (exact) mass is 341 g/mol. The fourth-order valence-corrected chi connectivity index (χ4v) is 4.81. The van der Waals surface area contributed by atoms with Gasteiger partial charge < -0.3 is 10.1 Å². The number of hydrazine groups is 1. The van der Waals surface area contributed by atoms with Gasteiger partial charge in [0.2, 0.25) is 0 Å². The van der Waals surface area contributed by atoms with E-state index in [1.165, 1.54) is 0 Å². The minimum atomic E-state index is -0.00126. The fraction of sp³-hybridized carbons (Fsp3) is 0.550. The van der Waals surface area contributed by atoms with Gasteiger partial charge in [-0.3, -0.25) is 10.2 Å². The molecular weight excluding hydrogens is 314 g/mol. The minimum absolute atomic E-state index is 0.00126. The minimum Gasteiger partial charge on any atom is -0.496 e. The Hall–Kier alpha value is -1.85. The van der Waals surface area contributed by atoms with Crippen LogP contribution in [0.25, 0.3) is 0 Å². The molecule has 25 heavy (non-hydrogen) atoms. The van der Waals surface area contributed by atoms with Crippen molar-refractivity contribution < 1.29 is 9.53 Å². The van der Waals surface area contributed by atoms with E-state index in [0.29, 0.717) is 6.42 Å². The molecule has 5 nitrogen and oxygen atoms in total. The number of hydrogen-bond donors (Lipinski definition) is 3. The molecule has 1 aromatic rings. The molecule has 134 valence electrons. The highest BCUT2D eigenvalue weighted by atomic mass is 16.5. The molecule has 1 aliphatic carbocycles. The number of fused-ring (bicyclic) bond motifs is 1. The van der Waals surface area contributed by atoms with Crippen molar-refractivity contribution in [2.24, 2.45) is 11.3 Å². The lowest BCUT2D eigenvalue weighted by Gasteiger charge is -2.44. The third kappa shape index (κ3) is 2.66. The predicted molar refractivity (Wildman–Crippen MR) is 96.9 cm³/mol. The third-order valence-corrected chi connectivity index (χ3v) is 5.85. The number of benzene rings is 1. The van der Waals surface area contributed by atoms with E-state index < -0.39 is 0 Å². The number of ketones is 1. The Bertz CT molecular complexity index is 740. The van der Waals surface area contributed by atoms with E-state index in [1.54, 1.807) is 7.11 Å². The average molecular weight is 341 g/mol. The molecular formula is C20H27N3O2. The fourth-order valence-electron chi connectivity index (χ4n) is 4.81. The molecule has 4 rings (SSSR count). The van der Waals surface area contributed by atoms with Crippen LogP contribution in [-0.4, -0.2) is 25.1 Å². The Labute approximate surface area is 149 Å². The third-order valence-electron chi connectivity index (χ3n) is 5.85. The first-order chi connectivity index (χ1) is 11.9. The molecule has 4 atom stereocenters. The van der Waals surface area contributed by atoms with E-state index in [4.69, 9.17) is 4.74 Å². The first-order valence-electron chi connectivity index (χ1n) is 9.08. The Morgan fingerprint density at radius 1 is 1.16 bits per heavy atom. The van der Waals surface area contributed by atoms with Crippen LogP contribution in [0, 0.1) is 11.3 Å². The number of allylic oxidation sites excluding steroid dienone is 2. The van der Waals surface area contributed by atoms with Gasteiger partial charge >= 0.3 is 0 Å². The van der Waals surface area contributed by atoms with Crippen molar-refractivity contribution in [3.63, 3.8) is 0 Å². The van der Waals surface area contributed by atoms with E-state index in [0.717, 1.165) is 29.0 Å². The SMILES string of the molecule is COc1ccccc1C1C2=C(CC(C)(C)CC2=O)NC2NNC(C)C21. The Morgan fingerprint density at radius 2 is 1.92 bits per heavy atom.